The van der Waals surface area contributed by atoms with Crippen LogP contribution in [-0.2, 0) is 9.53 Å². The first-order chi connectivity index (χ1) is 7.10. The molecule has 0 aliphatic carbocycles. The number of carbonyl (C=O) groups is 1. The summed E-state index contributed by atoms with van der Waals surface area (Å²) in [5, 5.41) is 2.77. The van der Waals surface area contributed by atoms with Crippen molar-refractivity contribution >= 4 is 5.97 Å². The summed E-state index contributed by atoms with van der Waals surface area (Å²) in [6, 6.07) is 4.06. The van der Waals surface area contributed by atoms with Crippen LogP contribution in [0.1, 0.15) is 17.2 Å². The third-order valence-electron chi connectivity index (χ3n) is 2.25. The molecule has 0 bridgehead atoms. The molecule has 0 heterocycles. The molecule has 0 spiro atoms. The SMILES string of the molecule is CNC(C(=O)OC)c1ccc(C)c(F)c1. The second kappa shape index (κ2) is 4.89. The fourth-order valence-electron chi connectivity index (χ4n) is 1.33. The average Bonchev–Trinajstić information content (AvgIpc) is 2.24. The van der Waals surface area contributed by atoms with Crippen LogP contribution in [0.5, 0.6) is 0 Å². The number of rotatable bonds is 3. The molecule has 0 aromatic heterocycles. The lowest BCUT2D eigenvalue weighted by Crippen LogP contribution is -2.26. The van der Waals surface area contributed by atoms with Crippen LogP contribution in [0.3, 0.4) is 0 Å². The van der Waals surface area contributed by atoms with Crippen molar-refractivity contribution in [2.45, 2.75) is 13.0 Å². The zero-order chi connectivity index (χ0) is 11.4. The standard InChI is InChI=1S/C11H14FNO2/c1-7-4-5-8(6-9(7)12)10(13-2)11(14)15-3/h4-6,10,13H,1-3H3. The first kappa shape index (κ1) is 11.7. The Balaban J connectivity index is 3.02. The molecule has 1 aromatic carbocycles. The van der Waals surface area contributed by atoms with Gasteiger partial charge in [-0.05, 0) is 31.2 Å². The van der Waals surface area contributed by atoms with E-state index in [9.17, 15) is 9.18 Å². The Labute approximate surface area is 88.2 Å². The summed E-state index contributed by atoms with van der Waals surface area (Å²) in [5.74, 6) is -0.752. The minimum Gasteiger partial charge on any atom is -0.468 e. The summed E-state index contributed by atoms with van der Waals surface area (Å²) in [6.45, 7) is 1.67. The number of benzene rings is 1. The van der Waals surface area contributed by atoms with Crippen LogP contribution in [0.25, 0.3) is 0 Å². The number of hydrogen-bond donors (Lipinski definition) is 1. The van der Waals surface area contributed by atoms with E-state index in [0.29, 0.717) is 11.1 Å². The third-order valence-corrected chi connectivity index (χ3v) is 2.25. The summed E-state index contributed by atoms with van der Waals surface area (Å²) in [5.41, 5.74) is 1.12. The van der Waals surface area contributed by atoms with Gasteiger partial charge in [0.05, 0.1) is 7.11 Å². The molecule has 15 heavy (non-hydrogen) atoms. The number of nitrogens with one attached hydrogen (secondary N) is 1. The molecule has 0 fully saturated rings. The zero-order valence-corrected chi connectivity index (χ0v) is 9.00. The van der Waals surface area contributed by atoms with Crippen molar-refractivity contribution in [3.8, 4) is 0 Å². The molecule has 0 aliphatic rings. The second-order valence-electron chi connectivity index (χ2n) is 3.25. The van der Waals surface area contributed by atoms with E-state index in [-0.39, 0.29) is 5.82 Å². The number of methoxy groups -OCH3 is 1. The largest absolute Gasteiger partial charge is 0.468 e. The summed E-state index contributed by atoms with van der Waals surface area (Å²) in [4.78, 5) is 11.3. The lowest BCUT2D eigenvalue weighted by atomic mass is 10.1. The van der Waals surface area contributed by atoms with Crippen LogP contribution in [0.4, 0.5) is 4.39 Å². The summed E-state index contributed by atoms with van der Waals surface area (Å²) in [6.07, 6.45) is 0. The van der Waals surface area contributed by atoms with Crippen molar-refractivity contribution < 1.29 is 13.9 Å². The lowest BCUT2D eigenvalue weighted by Gasteiger charge is -2.14. The van der Waals surface area contributed by atoms with Crippen molar-refractivity contribution in [1.29, 1.82) is 0 Å². The third kappa shape index (κ3) is 2.53. The van der Waals surface area contributed by atoms with E-state index >= 15 is 0 Å². The molecular formula is C11H14FNO2. The van der Waals surface area contributed by atoms with Gasteiger partial charge >= 0.3 is 5.97 Å². The molecule has 1 atom stereocenters. The Bertz CT molecular complexity index is 366. The van der Waals surface area contributed by atoms with Crippen molar-refractivity contribution in [3.63, 3.8) is 0 Å². The quantitative estimate of drug-likeness (QED) is 0.771. The molecule has 3 nitrogen and oxygen atoms in total. The summed E-state index contributed by atoms with van der Waals surface area (Å²) in [7, 11) is 2.93. The Morgan fingerprint density at radius 2 is 2.20 bits per heavy atom. The molecule has 0 saturated heterocycles. The first-order valence-electron chi connectivity index (χ1n) is 4.61. The van der Waals surface area contributed by atoms with Gasteiger partial charge in [0.15, 0.2) is 0 Å². The Morgan fingerprint density at radius 1 is 1.53 bits per heavy atom. The highest BCUT2D eigenvalue weighted by Crippen LogP contribution is 2.17. The Morgan fingerprint density at radius 3 is 2.67 bits per heavy atom. The predicted octanol–water partition coefficient (Wildman–Crippen LogP) is 1.57. The Kier molecular flexibility index (Phi) is 3.80. The van der Waals surface area contributed by atoms with Gasteiger partial charge in [-0.25, -0.2) is 9.18 Å². The number of ether oxygens (including phenoxy) is 1. The molecule has 1 aromatic rings. The zero-order valence-electron chi connectivity index (χ0n) is 9.00. The number of aryl methyl sites for hydroxylation is 1. The van der Waals surface area contributed by atoms with E-state index in [4.69, 9.17) is 0 Å². The van der Waals surface area contributed by atoms with Gasteiger partial charge in [-0.3, -0.25) is 0 Å². The van der Waals surface area contributed by atoms with Gasteiger partial charge in [0.25, 0.3) is 0 Å². The van der Waals surface area contributed by atoms with Crippen LogP contribution < -0.4 is 5.32 Å². The fraction of sp³-hybridized carbons (Fsp3) is 0.364. The van der Waals surface area contributed by atoms with Gasteiger partial charge < -0.3 is 10.1 Å². The van der Waals surface area contributed by atoms with Gasteiger partial charge in [0.1, 0.15) is 11.9 Å². The molecule has 0 radical (unpaired) electrons. The average molecular weight is 211 g/mol. The molecular weight excluding hydrogens is 197 g/mol. The van der Waals surface area contributed by atoms with Crippen LogP contribution in [0.2, 0.25) is 0 Å². The maximum atomic E-state index is 13.3. The first-order valence-corrected chi connectivity index (χ1v) is 4.61. The van der Waals surface area contributed by atoms with E-state index in [1.54, 1.807) is 26.1 Å². The number of hydrogen-bond acceptors (Lipinski definition) is 3. The molecule has 0 saturated carbocycles. The minimum atomic E-state index is -0.620. The number of esters is 1. The van der Waals surface area contributed by atoms with Crippen molar-refractivity contribution in [3.05, 3.63) is 35.1 Å². The lowest BCUT2D eigenvalue weighted by molar-refractivity contribution is -0.143. The molecule has 1 N–H and O–H groups in total. The van der Waals surface area contributed by atoms with E-state index in [1.165, 1.54) is 13.2 Å². The van der Waals surface area contributed by atoms with Gasteiger partial charge in [0, 0.05) is 0 Å². The van der Waals surface area contributed by atoms with Gasteiger partial charge in [-0.1, -0.05) is 12.1 Å². The highest BCUT2D eigenvalue weighted by atomic mass is 19.1. The second-order valence-corrected chi connectivity index (χ2v) is 3.25. The number of halogens is 1. The highest BCUT2D eigenvalue weighted by molar-refractivity contribution is 5.77. The van der Waals surface area contributed by atoms with E-state index in [0.717, 1.165) is 0 Å². The Hall–Kier alpha value is -1.42. The van der Waals surface area contributed by atoms with Crippen LogP contribution >= 0.6 is 0 Å². The number of likely N-dealkylation sites (N-methyl/N-ethyl adjacent to an activating group) is 1. The predicted molar refractivity (Wildman–Crippen MR) is 55.0 cm³/mol. The monoisotopic (exact) mass is 211 g/mol. The van der Waals surface area contributed by atoms with Crippen LogP contribution in [0.15, 0.2) is 18.2 Å². The molecule has 82 valence electrons. The molecule has 0 aliphatic heterocycles. The molecule has 1 unspecified atom stereocenters. The van der Waals surface area contributed by atoms with Gasteiger partial charge in [-0.2, -0.15) is 0 Å². The fourth-order valence-corrected chi connectivity index (χ4v) is 1.33. The summed E-state index contributed by atoms with van der Waals surface area (Å²) >= 11 is 0. The van der Waals surface area contributed by atoms with Gasteiger partial charge in [-0.15, -0.1) is 0 Å². The van der Waals surface area contributed by atoms with E-state index in [2.05, 4.69) is 10.1 Å². The minimum absolute atomic E-state index is 0.323. The normalized spacial score (nSPS) is 12.3. The van der Waals surface area contributed by atoms with Crippen molar-refractivity contribution in [2.75, 3.05) is 14.2 Å². The smallest absolute Gasteiger partial charge is 0.327 e. The van der Waals surface area contributed by atoms with E-state index < -0.39 is 12.0 Å². The van der Waals surface area contributed by atoms with E-state index in [1.807, 2.05) is 0 Å². The maximum Gasteiger partial charge on any atom is 0.327 e. The topological polar surface area (TPSA) is 38.3 Å². The summed E-state index contributed by atoms with van der Waals surface area (Å²) < 4.78 is 17.9. The van der Waals surface area contributed by atoms with Gasteiger partial charge in [0.2, 0.25) is 0 Å². The number of carbonyl (C=O) groups excluding carboxylic acids is 1. The van der Waals surface area contributed by atoms with Crippen molar-refractivity contribution in [1.82, 2.24) is 5.32 Å². The molecule has 0 amide bonds. The molecule has 1 rings (SSSR count). The maximum absolute atomic E-state index is 13.3. The van der Waals surface area contributed by atoms with Crippen LogP contribution in [-0.4, -0.2) is 20.1 Å². The van der Waals surface area contributed by atoms with Crippen molar-refractivity contribution in [2.24, 2.45) is 0 Å². The molecule has 4 heteroatoms. The van der Waals surface area contributed by atoms with Crippen LogP contribution in [0, 0.1) is 12.7 Å². The highest BCUT2D eigenvalue weighted by Gasteiger charge is 2.19.